The third kappa shape index (κ3) is 6.13. The van der Waals surface area contributed by atoms with Gasteiger partial charge in [-0.25, -0.2) is 0 Å². The Morgan fingerprint density at radius 1 is 1.00 bits per heavy atom. The van der Waals surface area contributed by atoms with Crippen LogP contribution in [0.15, 0.2) is 77.7 Å². The number of hydrogen-bond donors (Lipinski definition) is 2. The fraction of sp³-hybridized carbons (Fsp3) is 0.208. The highest BCUT2D eigenvalue weighted by Gasteiger charge is 2.16. The molecular formula is C24H25N3O4. The van der Waals surface area contributed by atoms with Crippen molar-refractivity contribution >= 4 is 17.5 Å². The minimum Gasteiger partial charge on any atom is -0.395 e. The molecule has 3 rings (SSSR count). The normalized spacial score (nSPS) is 10.5. The molecule has 160 valence electrons. The zero-order chi connectivity index (χ0) is 22.2. The van der Waals surface area contributed by atoms with E-state index in [1.54, 1.807) is 41.4 Å². The molecule has 0 aliphatic carbocycles. The van der Waals surface area contributed by atoms with E-state index in [9.17, 15) is 19.5 Å². The van der Waals surface area contributed by atoms with Crippen LogP contribution in [-0.2, 0) is 17.9 Å². The van der Waals surface area contributed by atoms with Crippen LogP contribution in [0.25, 0.3) is 0 Å². The van der Waals surface area contributed by atoms with E-state index in [4.69, 9.17) is 0 Å². The second-order valence-corrected chi connectivity index (χ2v) is 7.23. The lowest BCUT2D eigenvalue weighted by atomic mass is 10.1. The Morgan fingerprint density at radius 2 is 1.71 bits per heavy atom. The molecule has 1 aromatic heterocycles. The standard InChI is InChI=1S/C24H25N3O4/c1-18-7-12-23(30)27(15-18)17-22(29)25-21-10-8-20(9-11-21)24(31)26(13-14-28)16-19-5-3-2-4-6-19/h2-12,15,28H,13-14,16-17H2,1H3,(H,25,29). The Labute approximate surface area is 180 Å². The molecule has 0 radical (unpaired) electrons. The Kier molecular flexibility index (Phi) is 7.35. The van der Waals surface area contributed by atoms with Crippen LogP contribution in [0.2, 0.25) is 0 Å². The molecule has 2 amide bonds. The molecule has 3 aromatic rings. The summed E-state index contributed by atoms with van der Waals surface area (Å²) in [5, 5.41) is 12.1. The van der Waals surface area contributed by atoms with Gasteiger partial charge in [0.25, 0.3) is 11.5 Å². The van der Waals surface area contributed by atoms with Crippen molar-refractivity contribution in [2.24, 2.45) is 0 Å². The third-order valence-electron chi connectivity index (χ3n) is 4.73. The summed E-state index contributed by atoms with van der Waals surface area (Å²) < 4.78 is 1.35. The first-order valence-corrected chi connectivity index (χ1v) is 9.97. The molecule has 0 unspecified atom stereocenters. The number of anilines is 1. The molecule has 1 heterocycles. The van der Waals surface area contributed by atoms with Crippen molar-refractivity contribution in [1.29, 1.82) is 0 Å². The molecule has 2 N–H and O–H groups in total. The molecule has 0 saturated heterocycles. The summed E-state index contributed by atoms with van der Waals surface area (Å²) in [7, 11) is 0. The predicted molar refractivity (Wildman–Crippen MR) is 119 cm³/mol. The van der Waals surface area contributed by atoms with Gasteiger partial charge < -0.3 is 19.9 Å². The Hall–Kier alpha value is -3.71. The topological polar surface area (TPSA) is 91.6 Å². The fourth-order valence-electron chi connectivity index (χ4n) is 3.19. The van der Waals surface area contributed by atoms with E-state index >= 15 is 0 Å². The van der Waals surface area contributed by atoms with Gasteiger partial charge in [0.05, 0.1) is 6.61 Å². The van der Waals surface area contributed by atoms with E-state index in [1.807, 2.05) is 37.3 Å². The van der Waals surface area contributed by atoms with Crippen molar-refractivity contribution in [2.75, 3.05) is 18.5 Å². The number of carbonyl (C=O) groups excluding carboxylic acids is 2. The highest BCUT2D eigenvalue weighted by molar-refractivity contribution is 5.95. The second kappa shape index (κ2) is 10.4. The first-order chi connectivity index (χ1) is 15.0. The summed E-state index contributed by atoms with van der Waals surface area (Å²) in [6, 6.07) is 19.2. The number of aromatic nitrogens is 1. The van der Waals surface area contributed by atoms with Crippen molar-refractivity contribution < 1.29 is 14.7 Å². The Balaban J connectivity index is 1.65. The number of aliphatic hydroxyl groups is 1. The largest absolute Gasteiger partial charge is 0.395 e. The van der Waals surface area contributed by atoms with Crippen LogP contribution in [0.1, 0.15) is 21.5 Å². The van der Waals surface area contributed by atoms with Gasteiger partial charge in [0, 0.05) is 36.6 Å². The lowest BCUT2D eigenvalue weighted by Crippen LogP contribution is -2.33. The van der Waals surface area contributed by atoms with Crippen LogP contribution in [0.3, 0.4) is 0 Å². The number of amides is 2. The zero-order valence-electron chi connectivity index (χ0n) is 17.3. The lowest BCUT2D eigenvalue weighted by Gasteiger charge is -2.22. The SMILES string of the molecule is Cc1ccc(=O)n(CC(=O)Nc2ccc(C(=O)N(CCO)Cc3ccccc3)cc2)c1. The molecule has 0 aliphatic heterocycles. The molecule has 2 aromatic carbocycles. The summed E-state index contributed by atoms with van der Waals surface area (Å²) in [6.45, 7) is 2.23. The van der Waals surface area contributed by atoms with E-state index in [2.05, 4.69) is 5.32 Å². The van der Waals surface area contributed by atoms with Crippen LogP contribution >= 0.6 is 0 Å². The Bertz CT molecular complexity index is 1090. The van der Waals surface area contributed by atoms with Crippen LogP contribution in [0, 0.1) is 6.92 Å². The number of nitrogens with one attached hydrogen (secondary N) is 1. The van der Waals surface area contributed by atoms with Crippen LogP contribution < -0.4 is 10.9 Å². The molecular weight excluding hydrogens is 394 g/mol. The van der Waals surface area contributed by atoms with Gasteiger partial charge in [-0.05, 0) is 42.3 Å². The van der Waals surface area contributed by atoms with E-state index in [0.717, 1.165) is 11.1 Å². The number of nitrogens with zero attached hydrogens (tertiary/aromatic N) is 2. The number of pyridine rings is 1. The van der Waals surface area contributed by atoms with Crippen molar-refractivity contribution in [3.63, 3.8) is 0 Å². The van der Waals surface area contributed by atoms with Gasteiger partial charge in [-0.2, -0.15) is 0 Å². The summed E-state index contributed by atoms with van der Waals surface area (Å²) in [6.07, 6.45) is 1.63. The fourth-order valence-corrected chi connectivity index (χ4v) is 3.19. The van der Waals surface area contributed by atoms with Crippen LogP contribution in [-0.4, -0.2) is 39.5 Å². The number of aryl methyl sites for hydroxylation is 1. The van der Waals surface area contributed by atoms with Gasteiger partial charge in [0.1, 0.15) is 6.54 Å². The lowest BCUT2D eigenvalue weighted by molar-refractivity contribution is -0.116. The average molecular weight is 419 g/mol. The Morgan fingerprint density at radius 3 is 2.39 bits per heavy atom. The van der Waals surface area contributed by atoms with Gasteiger partial charge in [-0.3, -0.25) is 14.4 Å². The maximum atomic E-state index is 12.9. The third-order valence-corrected chi connectivity index (χ3v) is 4.73. The zero-order valence-corrected chi connectivity index (χ0v) is 17.3. The summed E-state index contributed by atoms with van der Waals surface area (Å²) in [5.74, 6) is -0.542. The number of hydrogen-bond acceptors (Lipinski definition) is 4. The maximum Gasteiger partial charge on any atom is 0.254 e. The molecule has 0 fully saturated rings. The predicted octanol–water partition coefficient (Wildman–Crippen LogP) is 2.43. The van der Waals surface area contributed by atoms with Gasteiger partial charge in [-0.1, -0.05) is 36.4 Å². The van der Waals surface area contributed by atoms with Gasteiger partial charge >= 0.3 is 0 Å². The van der Waals surface area contributed by atoms with Crippen molar-refractivity contribution in [3.8, 4) is 0 Å². The average Bonchev–Trinajstić information content (AvgIpc) is 2.77. The van der Waals surface area contributed by atoms with Gasteiger partial charge in [0.2, 0.25) is 5.91 Å². The van der Waals surface area contributed by atoms with E-state index < -0.39 is 0 Å². The van der Waals surface area contributed by atoms with E-state index in [-0.39, 0.29) is 37.1 Å². The monoisotopic (exact) mass is 419 g/mol. The molecule has 0 saturated carbocycles. The number of carbonyl (C=O) groups is 2. The minimum absolute atomic E-state index is 0.0947. The smallest absolute Gasteiger partial charge is 0.254 e. The molecule has 0 aliphatic rings. The molecule has 0 spiro atoms. The highest BCUT2D eigenvalue weighted by Crippen LogP contribution is 2.14. The van der Waals surface area contributed by atoms with Crippen LogP contribution in [0.4, 0.5) is 5.69 Å². The molecule has 0 bridgehead atoms. The van der Waals surface area contributed by atoms with Gasteiger partial charge in [0.15, 0.2) is 0 Å². The molecule has 7 heteroatoms. The van der Waals surface area contributed by atoms with Crippen molar-refractivity contribution in [1.82, 2.24) is 9.47 Å². The summed E-state index contributed by atoms with van der Waals surface area (Å²) >= 11 is 0. The van der Waals surface area contributed by atoms with Crippen molar-refractivity contribution in [3.05, 3.63) is 100.0 Å². The molecule has 31 heavy (non-hydrogen) atoms. The quantitative estimate of drug-likeness (QED) is 0.587. The second-order valence-electron chi connectivity index (χ2n) is 7.23. The highest BCUT2D eigenvalue weighted by atomic mass is 16.3. The first-order valence-electron chi connectivity index (χ1n) is 9.97. The van der Waals surface area contributed by atoms with Crippen LogP contribution in [0.5, 0.6) is 0 Å². The van der Waals surface area contributed by atoms with Crippen molar-refractivity contribution in [2.45, 2.75) is 20.0 Å². The summed E-state index contributed by atoms with van der Waals surface area (Å²) in [4.78, 5) is 38.6. The van der Waals surface area contributed by atoms with E-state index in [0.29, 0.717) is 17.8 Å². The molecule has 0 atom stereocenters. The van der Waals surface area contributed by atoms with E-state index in [1.165, 1.54) is 10.6 Å². The minimum atomic E-state index is -0.335. The number of rotatable bonds is 8. The maximum absolute atomic E-state index is 12.9. The summed E-state index contributed by atoms with van der Waals surface area (Å²) in [5.41, 5.74) is 2.60. The molecule has 7 nitrogen and oxygen atoms in total. The van der Waals surface area contributed by atoms with Gasteiger partial charge in [-0.15, -0.1) is 0 Å². The first kappa shape index (κ1) is 22.0. The number of benzene rings is 2. The number of aliphatic hydroxyl groups excluding tert-OH is 1.